The molecule has 0 amide bonds. The number of ketones is 1. The predicted octanol–water partition coefficient (Wildman–Crippen LogP) is 4.62. The third-order valence-corrected chi connectivity index (χ3v) is 4.07. The number of nitrogens with two attached hydrogens (primary N) is 1. The molecule has 2 rings (SSSR count). The maximum Gasteiger partial charge on any atom is 0.335 e. The molecule has 2 aromatic carbocycles. The van der Waals surface area contributed by atoms with Gasteiger partial charge in [0, 0.05) is 11.1 Å². The molecular weight excluding hydrogens is 352 g/mol. The molecule has 0 radical (unpaired) electrons. The molecule has 0 heterocycles. The van der Waals surface area contributed by atoms with E-state index in [0.717, 1.165) is 5.56 Å². The highest BCUT2D eigenvalue weighted by atomic mass is 16.4. The van der Waals surface area contributed by atoms with E-state index in [9.17, 15) is 9.59 Å². The number of aromatic carboxylic acids is 1. The van der Waals surface area contributed by atoms with Crippen LogP contribution in [0.3, 0.4) is 0 Å². The fraction of sp³-hybridized carbons (Fsp3) is 0.0870. The van der Waals surface area contributed by atoms with Crippen LogP contribution in [0.4, 0.5) is 5.69 Å². The Kier molecular flexibility index (Phi) is 6.82. The van der Waals surface area contributed by atoms with E-state index in [4.69, 9.17) is 10.8 Å². The largest absolute Gasteiger partial charge is 0.478 e. The number of carboxylic acid groups (broad SMARTS) is 1. The van der Waals surface area contributed by atoms with Gasteiger partial charge in [0.05, 0.1) is 22.7 Å². The van der Waals surface area contributed by atoms with Gasteiger partial charge in [0.15, 0.2) is 0 Å². The molecule has 0 saturated carbocycles. The summed E-state index contributed by atoms with van der Waals surface area (Å²) in [6, 6.07) is 13.3. The lowest BCUT2D eigenvalue weighted by molar-refractivity contribution is 0.0696. The minimum Gasteiger partial charge on any atom is -0.478 e. The summed E-state index contributed by atoms with van der Waals surface area (Å²) in [5, 5.41) is 9.00. The first kappa shape index (κ1) is 20.6. The van der Waals surface area contributed by atoms with Crippen molar-refractivity contribution in [2.45, 2.75) is 13.8 Å². The third-order valence-electron chi connectivity index (χ3n) is 4.07. The van der Waals surface area contributed by atoms with E-state index in [-0.39, 0.29) is 17.0 Å². The molecule has 0 aliphatic rings. The van der Waals surface area contributed by atoms with Crippen LogP contribution in [0.1, 0.15) is 33.2 Å². The van der Waals surface area contributed by atoms with Crippen molar-refractivity contribution in [1.82, 2.24) is 0 Å². The van der Waals surface area contributed by atoms with E-state index < -0.39 is 5.97 Å². The zero-order valence-corrected chi connectivity index (χ0v) is 15.8. The summed E-state index contributed by atoms with van der Waals surface area (Å²) in [5.74, 6) is -1.28. The van der Waals surface area contributed by atoms with Crippen LogP contribution in [-0.4, -0.2) is 22.6 Å². The second-order valence-electron chi connectivity index (χ2n) is 6.18. The number of nitrogens with zero attached hydrogens (tertiary/aromatic N) is 1. The Bertz CT molecular complexity index is 997. The lowest BCUT2D eigenvalue weighted by Crippen LogP contribution is -2.17. The highest BCUT2D eigenvalue weighted by Gasteiger charge is 2.14. The van der Waals surface area contributed by atoms with Gasteiger partial charge in [-0.3, -0.25) is 4.79 Å². The normalized spacial score (nSPS) is 12.6. The number of allylic oxidation sites excluding steroid dienone is 5. The average molecular weight is 374 g/mol. The van der Waals surface area contributed by atoms with Crippen LogP contribution in [-0.2, 0) is 0 Å². The number of benzene rings is 2. The van der Waals surface area contributed by atoms with Gasteiger partial charge in [-0.05, 0) is 50.3 Å². The maximum atomic E-state index is 12.7. The molecule has 3 N–H and O–H groups in total. The number of carboxylic acids is 1. The first-order valence-electron chi connectivity index (χ1n) is 8.62. The summed E-state index contributed by atoms with van der Waals surface area (Å²) in [5.41, 5.74) is 9.44. The van der Waals surface area contributed by atoms with Crippen LogP contribution in [0.5, 0.6) is 0 Å². The number of aryl methyl sites for hydroxylation is 1. The van der Waals surface area contributed by atoms with Gasteiger partial charge in [-0.25, -0.2) is 9.79 Å². The lowest BCUT2D eigenvalue weighted by atomic mass is 10.0. The molecule has 0 aliphatic carbocycles. The summed E-state index contributed by atoms with van der Waals surface area (Å²) in [6.45, 7) is 7.28. The Balaban J connectivity index is 2.46. The van der Waals surface area contributed by atoms with Crippen molar-refractivity contribution in [3.63, 3.8) is 0 Å². The van der Waals surface area contributed by atoms with Crippen molar-refractivity contribution in [1.29, 1.82) is 0 Å². The monoisotopic (exact) mass is 374 g/mol. The quantitative estimate of drug-likeness (QED) is 0.320. The standard InChI is InChI=1S/C23H22N2O3/c1-4-5-9-20(25-19-12-10-17(11-13-19)23(27)28)16(3)21(24)22(26)18-8-6-7-15(2)14-18/h4-14H,1,24H2,2-3H3,(H,27,28)/b9-5-,21-16?,25-20?. The van der Waals surface area contributed by atoms with Crippen LogP contribution in [0, 0.1) is 6.92 Å². The van der Waals surface area contributed by atoms with Crippen LogP contribution < -0.4 is 5.73 Å². The number of carbonyl (C=O) groups is 2. The van der Waals surface area contributed by atoms with Crippen molar-refractivity contribution in [2.24, 2.45) is 10.7 Å². The minimum absolute atomic E-state index is 0.0974. The first-order chi connectivity index (χ1) is 13.3. The molecule has 28 heavy (non-hydrogen) atoms. The molecule has 0 bridgehead atoms. The molecule has 0 spiro atoms. The molecule has 142 valence electrons. The number of hydrogen-bond acceptors (Lipinski definition) is 4. The highest BCUT2D eigenvalue weighted by molar-refractivity contribution is 6.17. The van der Waals surface area contributed by atoms with E-state index in [1.54, 1.807) is 49.4 Å². The van der Waals surface area contributed by atoms with E-state index in [1.165, 1.54) is 12.1 Å². The molecule has 0 aromatic heterocycles. The highest BCUT2D eigenvalue weighted by Crippen LogP contribution is 2.18. The first-order valence-corrected chi connectivity index (χ1v) is 8.62. The topological polar surface area (TPSA) is 92.8 Å². The Morgan fingerprint density at radius 1 is 1.11 bits per heavy atom. The fourth-order valence-corrected chi connectivity index (χ4v) is 2.47. The second kappa shape index (κ2) is 9.28. The smallest absolute Gasteiger partial charge is 0.335 e. The zero-order chi connectivity index (χ0) is 20.7. The van der Waals surface area contributed by atoms with Crippen molar-refractivity contribution >= 4 is 23.2 Å². The van der Waals surface area contributed by atoms with Gasteiger partial charge >= 0.3 is 5.97 Å². The van der Waals surface area contributed by atoms with Gasteiger partial charge in [0.25, 0.3) is 0 Å². The Morgan fingerprint density at radius 3 is 2.36 bits per heavy atom. The van der Waals surface area contributed by atoms with Crippen molar-refractivity contribution < 1.29 is 14.7 Å². The number of rotatable bonds is 7. The van der Waals surface area contributed by atoms with E-state index in [0.29, 0.717) is 22.5 Å². The molecule has 0 atom stereocenters. The summed E-state index contributed by atoms with van der Waals surface area (Å²) >= 11 is 0. The summed E-state index contributed by atoms with van der Waals surface area (Å²) in [7, 11) is 0. The summed E-state index contributed by atoms with van der Waals surface area (Å²) < 4.78 is 0. The van der Waals surface area contributed by atoms with E-state index in [1.807, 2.05) is 19.1 Å². The molecule has 0 fully saturated rings. The van der Waals surface area contributed by atoms with E-state index >= 15 is 0 Å². The molecular formula is C23H22N2O3. The Morgan fingerprint density at radius 2 is 1.79 bits per heavy atom. The zero-order valence-electron chi connectivity index (χ0n) is 15.8. The molecule has 5 heteroatoms. The number of Topliss-reactive ketones (excluding diaryl/α,β-unsaturated/α-hetero) is 1. The fourth-order valence-electron chi connectivity index (χ4n) is 2.47. The van der Waals surface area contributed by atoms with Gasteiger partial charge in [-0.15, -0.1) is 0 Å². The minimum atomic E-state index is -1.01. The SMILES string of the molecule is C=C/C=C\C(=Nc1ccc(C(=O)O)cc1)C(C)=C(N)C(=O)c1cccc(C)c1. The lowest BCUT2D eigenvalue weighted by Gasteiger charge is -2.09. The van der Waals surface area contributed by atoms with Crippen LogP contribution >= 0.6 is 0 Å². The summed E-state index contributed by atoms with van der Waals surface area (Å²) in [6.07, 6.45) is 4.98. The number of aliphatic imine (C=N–C) groups is 1. The van der Waals surface area contributed by atoms with Crippen LogP contribution in [0.2, 0.25) is 0 Å². The second-order valence-corrected chi connectivity index (χ2v) is 6.18. The predicted molar refractivity (Wildman–Crippen MR) is 112 cm³/mol. The van der Waals surface area contributed by atoms with Gasteiger partial charge in [0.1, 0.15) is 0 Å². The maximum absolute atomic E-state index is 12.7. The van der Waals surface area contributed by atoms with Crippen LogP contribution in [0.15, 0.2) is 89.6 Å². The van der Waals surface area contributed by atoms with Crippen molar-refractivity contribution in [2.75, 3.05) is 0 Å². The van der Waals surface area contributed by atoms with Gasteiger partial charge in [0.2, 0.25) is 5.78 Å². The Labute approximate surface area is 164 Å². The van der Waals surface area contributed by atoms with Crippen LogP contribution in [0.25, 0.3) is 0 Å². The molecule has 0 aliphatic heterocycles. The molecule has 2 aromatic rings. The molecule has 0 unspecified atom stereocenters. The van der Waals surface area contributed by atoms with E-state index in [2.05, 4.69) is 11.6 Å². The van der Waals surface area contributed by atoms with Gasteiger partial charge < -0.3 is 10.8 Å². The van der Waals surface area contributed by atoms with Gasteiger partial charge in [-0.1, -0.05) is 42.5 Å². The molecule has 0 saturated heterocycles. The Hall–Kier alpha value is -3.73. The summed E-state index contributed by atoms with van der Waals surface area (Å²) in [4.78, 5) is 28.2. The van der Waals surface area contributed by atoms with Gasteiger partial charge in [-0.2, -0.15) is 0 Å². The number of hydrogen-bond donors (Lipinski definition) is 2. The third kappa shape index (κ3) is 5.14. The molecule has 5 nitrogen and oxygen atoms in total. The average Bonchev–Trinajstić information content (AvgIpc) is 2.69. The van der Waals surface area contributed by atoms with Crippen molar-refractivity contribution in [3.8, 4) is 0 Å². The van der Waals surface area contributed by atoms with Crippen molar-refractivity contribution in [3.05, 3.63) is 101 Å². The number of carbonyl (C=O) groups excluding carboxylic acids is 1.